The fourth-order valence-electron chi connectivity index (χ4n) is 3.00. The Hall–Kier alpha value is -2.76. The van der Waals surface area contributed by atoms with Gasteiger partial charge in [-0.1, -0.05) is 36.4 Å². The minimum absolute atomic E-state index is 0.0704. The fraction of sp³-hybridized carbons (Fsp3) is 0.167. The van der Waals surface area contributed by atoms with E-state index in [1.807, 2.05) is 0 Å². The van der Waals surface area contributed by atoms with E-state index in [1.165, 1.54) is 18.2 Å². The number of aliphatic carboxylic acids is 1. The molecule has 0 unspecified atom stereocenters. The molecule has 3 aromatic rings. The summed E-state index contributed by atoms with van der Waals surface area (Å²) in [5.74, 6) is -2.36. The van der Waals surface area contributed by atoms with E-state index < -0.39 is 30.0 Å². The number of para-hydroxylation sites is 1. The van der Waals surface area contributed by atoms with Gasteiger partial charge in [-0.15, -0.1) is 0 Å². The Labute approximate surface area is 135 Å². The molecule has 3 nitrogen and oxygen atoms in total. The number of nitrogens with one attached hydrogen (secondary N) is 1. The molecule has 0 aliphatic rings. The van der Waals surface area contributed by atoms with Gasteiger partial charge >= 0.3 is 6.18 Å². The molecule has 1 N–H and O–H groups in total. The zero-order valence-electron chi connectivity index (χ0n) is 12.4. The molecule has 0 spiro atoms. The van der Waals surface area contributed by atoms with E-state index in [0.29, 0.717) is 10.9 Å². The van der Waals surface area contributed by atoms with Crippen molar-refractivity contribution in [2.24, 2.45) is 0 Å². The van der Waals surface area contributed by atoms with Gasteiger partial charge in [0.25, 0.3) is 0 Å². The molecule has 2 aromatic carbocycles. The maximum atomic E-state index is 13.3. The highest BCUT2D eigenvalue weighted by atomic mass is 19.4. The number of H-pyrrole nitrogens is 1. The van der Waals surface area contributed by atoms with Crippen molar-refractivity contribution in [2.45, 2.75) is 18.5 Å². The van der Waals surface area contributed by atoms with Gasteiger partial charge < -0.3 is 14.9 Å². The summed E-state index contributed by atoms with van der Waals surface area (Å²) in [5, 5.41) is 11.9. The average Bonchev–Trinajstić information content (AvgIpc) is 2.95. The normalized spacial score (nSPS) is 13.1. The van der Waals surface area contributed by atoms with Crippen molar-refractivity contribution in [1.29, 1.82) is 0 Å². The monoisotopic (exact) mass is 332 g/mol. The predicted octanol–water partition coefficient (Wildman–Crippen LogP) is 3.46. The number of alkyl halides is 3. The lowest BCUT2D eigenvalue weighted by atomic mass is 9.85. The molecule has 0 radical (unpaired) electrons. The molecule has 24 heavy (non-hydrogen) atoms. The minimum atomic E-state index is -4.56. The van der Waals surface area contributed by atoms with Gasteiger partial charge in [-0.25, -0.2) is 0 Å². The van der Waals surface area contributed by atoms with Gasteiger partial charge in [-0.2, -0.15) is 13.2 Å². The van der Waals surface area contributed by atoms with E-state index in [1.54, 1.807) is 30.5 Å². The lowest BCUT2D eigenvalue weighted by Gasteiger charge is -2.22. The molecule has 0 saturated heterocycles. The van der Waals surface area contributed by atoms with E-state index in [2.05, 4.69) is 4.98 Å². The van der Waals surface area contributed by atoms with Crippen LogP contribution in [-0.2, 0) is 11.0 Å². The molecule has 0 aliphatic heterocycles. The number of fused-ring (bicyclic) bond motifs is 1. The van der Waals surface area contributed by atoms with E-state index in [-0.39, 0.29) is 5.56 Å². The highest BCUT2D eigenvalue weighted by molar-refractivity contribution is 5.85. The Morgan fingerprint density at radius 3 is 2.42 bits per heavy atom. The number of benzene rings is 2. The Morgan fingerprint density at radius 1 is 1.04 bits per heavy atom. The van der Waals surface area contributed by atoms with Crippen LogP contribution in [0.1, 0.15) is 29.0 Å². The maximum absolute atomic E-state index is 13.3. The first-order chi connectivity index (χ1) is 11.4. The van der Waals surface area contributed by atoms with Crippen molar-refractivity contribution in [1.82, 2.24) is 4.98 Å². The largest absolute Gasteiger partial charge is 0.550 e. The van der Waals surface area contributed by atoms with Crippen LogP contribution in [0.4, 0.5) is 13.2 Å². The van der Waals surface area contributed by atoms with Crippen LogP contribution in [0.2, 0.25) is 0 Å². The smallest absolute Gasteiger partial charge is 0.416 e. The molecule has 1 heterocycles. The molecule has 0 bridgehead atoms. The van der Waals surface area contributed by atoms with Crippen LogP contribution in [0.25, 0.3) is 10.9 Å². The molecule has 0 amide bonds. The first-order valence-corrected chi connectivity index (χ1v) is 7.30. The lowest BCUT2D eigenvalue weighted by Crippen LogP contribution is -2.26. The van der Waals surface area contributed by atoms with Crippen LogP contribution in [0.3, 0.4) is 0 Å². The van der Waals surface area contributed by atoms with Crippen LogP contribution in [0.15, 0.2) is 54.7 Å². The molecule has 124 valence electrons. The zero-order valence-corrected chi connectivity index (χ0v) is 12.4. The van der Waals surface area contributed by atoms with E-state index in [0.717, 1.165) is 11.6 Å². The van der Waals surface area contributed by atoms with Crippen LogP contribution < -0.4 is 5.11 Å². The summed E-state index contributed by atoms with van der Waals surface area (Å²) in [6, 6.07) is 12.1. The summed E-state index contributed by atoms with van der Waals surface area (Å²) in [7, 11) is 0. The summed E-state index contributed by atoms with van der Waals surface area (Å²) >= 11 is 0. The summed E-state index contributed by atoms with van der Waals surface area (Å²) < 4.78 is 40.0. The zero-order chi connectivity index (χ0) is 17.3. The summed E-state index contributed by atoms with van der Waals surface area (Å²) in [6.07, 6.45) is -3.53. The Balaban J connectivity index is 2.20. The van der Waals surface area contributed by atoms with Crippen LogP contribution in [0.5, 0.6) is 0 Å². The van der Waals surface area contributed by atoms with Gasteiger partial charge in [0.15, 0.2) is 0 Å². The van der Waals surface area contributed by atoms with Gasteiger partial charge in [0, 0.05) is 29.0 Å². The minimum Gasteiger partial charge on any atom is -0.550 e. The summed E-state index contributed by atoms with van der Waals surface area (Å²) in [5.41, 5.74) is 0.340. The van der Waals surface area contributed by atoms with E-state index in [4.69, 9.17) is 0 Å². The number of halogens is 3. The Kier molecular flexibility index (Phi) is 4.05. The number of aromatic amines is 1. The number of carbonyl (C=O) groups is 1. The van der Waals surface area contributed by atoms with Crippen molar-refractivity contribution < 1.29 is 23.1 Å². The van der Waals surface area contributed by atoms with Crippen molar-refractivity contribution in [3.63, 3.8) is 0 Å². The quantitative estimate of drug-likeness (QED) is 0.795. The number of carbonyl (C=O) groups excluding carboxylic acids is 1. The highest BCUT2D eigenvalue weighted by Gasteiger charge is 2.35. The lowest BCUT2D eigenvalue weighted by molar-refractivity contribution is -0.306. The predicted molar refractivity (Wildman–Crippen MR) is 81.2 cm³/mol. The van der Waals surface area contributed by atoms with Gasteiger partial charge in [0.2, 0.25) is 0 Å². The van der Waals surface area contributed by atoms with E-state index in [9.17, 15) is 23.1 Å². The summed E-state index contributed by atoms with van der Waals surface area (Å²) in [6.45, 7) is 0. The van der Waals surface area contributed by atoms with Crippen LogP contribution in [0, 0.1) is 0 Å². The highest BCUT2D eigenvalue weighted by Crippen LogP contribution is 2.40. The van der Waals surface area contributed by atoms with E-state index >= 15 is 0 Å². The molecule has 3 rings (SSSR count). The van der Waals surface area contributed by atoms with Crippen molar-refractivity contribution in [3.8, 4) is 0 Å². The Morgan fingerprint density at radius 2 is 1.71 bits per heavy atom. The van der Waals surface area contributed by atoms with Gasteiger partial charge in [0.05, 0.1) is 5.56 Å². The average molecular weight is 332 g/mol. The third-order valence-corrected chi connectivity index (χ3v) is 4.01. The van der Waals surface area contributed by atoms with Gasteiger partial charge in [-0.3, -0.25) is 0 Å². The molecule has 0 fully saturated rings. The first-order valence-electron chi connectivity index (χ1n) is 7.30. The van der Waals surface area contributed by atoms with Crippen molar-refractivity contribution >= 4 is 16.9 Å². The van der Waals surface area contributed by atoms with Gasteiger partial charge in [-0.05, 0) is 29.7 Å². The molecule has 1 aromatic heterocycles. The maximum Gasteiger partial charge on any atom is 0.416 e. The van der Waals surface area contributed by atoms with Crippen molar-refractivity contribution in [2.75, 3.05) is 0 Å². The van der Waals surface area contributed by atoms with Crippen LogP contribution >= 0.6 is 0 Å². The topological polar surface area (TPSA) is 55.9 Å². The second-order valence-electron chi connectivity index (χ2n) is 5.50. The third-order valence-electron chi connectivity index (χ3n) is 4.01. The first kappa shape index (κ1) is 16.1. The molecule has 0 saturated carbocycles. The fourth-order valence-corrected chi connectivity index (χ4v) is 3.00. The molecule has 6 heteroatoms. The number of rotatable bonds is 4. The number of carboxylic acid groups (broad SMARTS) is 1. The molecular formula is C18H13F3NO2-. The van der Waals surface area contributed by atoms with Gasteiger partial charge in [0.1, 0.15) is 0 Å². The number of carboxylic acids is 1. The van der Waals surface area contributed by atoms with Crippen LogP contribution in [-0.4, -0.2) is 11.0 Å². The Bertz CT molecular complexity index is 883. The standard InChI is InChI=1S/C18H14F3NO2/c19-18(20,21)15-7-3-1-5-11(15)13(9-17(23)24)14-10-22-16-8-4-2-6-12(14)16/h1-8,10,13,22H,9H2,(H,23,24)/p-1/t13-/m0/s1. The number of hydrogen-bond donors (Lipinski definition) is 1. The third kappa shape index (κ3) is 2.99. The molecule has 1 atom stereocenters. The number of hydrogen-bond acceptors (Lipinski definition) is 2. The second kappa shape index (κ2) is 6.03. The summed E-state index contributed by atoms with van der Waals surface area (Å²) in [4.78, 5) is 14.1. The molecule has 0 aliphatic carbocycles. The number of aromatic nitrogens is 1. The SMILES string of the molecule is O=C([O-])C[C@@H](c1ccccc1C(F)(F)F)c1c[nH]c2ccccc12. The molecular weight excluding hydrogens is 319 g/mol. The van der Waals surface area contributed by atoms with Crippen molar-refractivity contribution in [3.05, 3.63) is 71.4 Å². The second-order valence-corrected chi connectivity index (χ2v) is 5.50.